The normalized spacial score (nSPS) is 13.9. The SMILES string of the molecule is CC/C=C\C/C=C\C/C=C\C/C=C\C/C=C\C/C=C\C/C=C\C/C=C\C/C=C\C/C=C\CCCCCCCCCCC(=O)OC(COC(=O)CCCCCCCCCCCC/C=C\C/C=C\C/C=C\C/C=C\C/C=C\C/C=C\CC)COC(OCC[N+](C)(C)C)C(=O)[O-]. The van der Waals surface area contributed by atoms with Gasteiger partial charge in [-0.1, -0.05) is 298 Å². The van der Waals surface area contributed by atoms with Gasteiger partial charge in [-0.05, 0) is 141 Å². The first-order valence-corrected chi connectivity index (χ1v) is 36.6. The average molecular weight is 1280 g/mol. The molecular formula is C84H133NO8. The Labute approximate surface area is 570 Å². The maximum absolute atomic E-state index is 13.0. The van der Waals surface area contributed by atoms with E-state index >= 15 is 0 Å². The van der Waals surface area contributed by atoms with E-state index in [-0.39, 0.29) is 38.6 Å². The minimum Gasteiger partial charge on any atom is -0.545 e. The van der Waals surface area contributed by atoms with Crippen LogP contribution in [0.2, 0.25) is 0 Å². The van der Waals surface area contributed by atoms with Crippen molar-refractivity contribution in [2.75, 3.05) is 47.5 Å². The second kappa shape index (κ2) is 72.0. The number of esters is 2. The minimum absolute atomic E-state index is 0.135. The van der Waals surface area contributed by atoms with Crippen LogP contribution in [0.3, 0.4) is 0 Å². The van der Waals surface area contributed by atoms with Gasteiger partial charge < -0.3 is 33.3 Å². The molecule has 2 unspecified atom stereocenters. The molecule has 93 heavy (non-hydrogen) atoms. The van der Waals surface area contributed by atoms with E-state index in [0.29, 0.717) is 17.4 Å². The summed E-state index contributed by atoms with van der Waals surface area (Å²) < 4.78 is 22.8. The maximum Gasteiger partial charge on any atom is 0.306 e. The molecule has 9 nitrogen and oxygen atoms in total. The summed E-state index contributed by atoms with van der Waals surface area (Å²) in [6.45, 7) is 4.49. The highest BCUT2D eigenvalue weighted by Crippen LogP contribution is 2.15. The highest BCUT2D eigenvalue weighted by molar-refractivity contribution is 5.70. The standard InChI is InChI=1S/C84H133NO8/c1-6-8-10-12-14-16-18-20-22-24-26-28-30-32-34-36-37-38-39-40-41-42-43-44-45-47-49-51-53-55-57-59-61-63-65-67-69-71-73-75-82(87)93-80(79-92-84(83(88)89)90-77-76-85(3,4)5)78-91-81(86)74-72-70-68-66-64-62-60-58-56-54-52-50-48-46-35-33-31-29-27-25-23-21-19-17-15-13-11-9-7-2/h8-11,14-17,20-23,26-29,32-35,37-38,40-41,43-44,47-50,53,55,80,84H,6-7,12-13,18-19,24-25,30-31,36,39,42,45-46,51-52,54,56-79H2,1-5H3/b10-8-,11-9-,16-14-,17-15-,22-20-,23-21-,28-26-,29-27-,34-32-,35-33-,38-37-,41-40-,44-43-,49-47-,50-48-,55-53-. The topological polar surface area (TPSA) is 111 Å². The van der Waals surface area contributed by atoms with Crippen LogP contribution in [0.5, 0.6) is 0 Å². The maximum atomic E-state index is 13.0. The Kier molecular flexibility index (Phi) is 67.4. The Morgan fingerprint density at radius 3 is 0.860 bits per heavy atom. The zero-order chi connectivity index (χ0) is 67.5. The van der Waals surface area contributed by atoms with Crippen molar-refractivity contribution >= 4 is 17.9 Å². The van der Waals surface area contributed by atoms with Crippen LogP contribution in [0.15, 0.2) is 194 Å². The number of ether oxygens (including phenoxy) is 4. The second-order valence-corrected chi connectivity index (χ2v) is 24.8. The van der Waals surface area contributed by atoms with Crippen LogP contribution in [-0.4, -0.2) is 82.3 Å². The Balaban J connectivity index is 4.20. The van der Waals surface area contributed by atoms with E-state index in [9.17, 15) is 19.5 Å². The first-order chi connectivity index (χ1) is 45.6. The number of rotatable bonds is 65. The fraction of sp³-hybridized carbons (Fsp3) is 0.583. The summed E-state index contributed by atoms with van der Waals surface area (Å²) >= 11 is 0. The van der Waals surface area contributed by atoms with Gasteiger partial charge in [0.25, 0.3) is 0 Å². The number of carbonyl (C=O) groups excluding carboxylic acids is 3. The zero-order valence-electron chi connectivity index (χ0n) is 59.5. The van der Waals surface area contributed by atoms with Gasteiger partial charge in [-0.2, -0.15) is 0 Å². The van der Waals surface area contributed by atoms with Crippen molar-refractivity contribution in [3.05, 3.63) is 194 Å². The molecule has 0 rings (SSSR count). The van der Waals surface area contributed by atoms with E-state index in [1.807, 2.05) is 21.1 Å². The van der Waals surface area contributed by atoms with E-state index in [0.717, 1.165) is 161 Å². The lowest BCUT2D eigenvalue weighted by atomic mass is 10.1. The minimum atomic E-state index is -1.64. The van der Waals surface area contributed by atoms with Crippen LogP contribution in [0.4, 0.5) is 0 Å². The summed E-state index contributed by atoms with van der Waals surface area (Å²) in [5, 5.41) is 11.8. The highest BCUT2D eigenvalue weighted by Gasteiger charge is 2.22. The molecule has 9 heteroatoms. The Morgan fingerprint density at radius 2 is 0.581 bits per heavy atom. The van der Waals surface area contributed by atoms with E-state index in [4.69, 9.17) is 18.9 Å². The van der Waals surface area contributed by atoms with E-state index < -0.39 is 24.3 Å². The fourth-order valence-electron chi connectivity index (χ4n) is 9.33. The van der Waals surface area contributed by atoms with Crippen LogP contribution < -0.4 is 5.11 Å². The van der Waals surface area contributed by atoms with Crippen molar-refractivity contribution in [1.82, 2.24) is 0 Å². The van der Waals surface area contributed by atoms with Crippen molar-refractivity contribution in [3.63, 3.8) is 0 Å². The van der Waals surface area contributed by atoms with Crippen LogP contribution in [-0.2, 0) is 33.3 Å². The number of hydrogen-bond donors (Lipinski definition) is 0. The molecule has 0 heterocycles. The molecule has 0 saturated heterocycles. The summed E-state index contributed by atoms with van der Waals surface area (Å²) in [5.74, 6) is -2.32. The molecule has 0 aliphatic heterocycles. The van der Waals surface area contributed by atoms with E-state index in [1.54, 1.807) is 0 Å². The van der Waals surface area contributed by atoms with E-state index in [1.165, 1.54) is 64.2 Å². The number of quaternary nitrogens is 1. The molecule has 0 aromatic heterocycles. The van der Waals surface area contributed by atoms with Crippen LogP contribution in [0.25, 0.3) is 0 Å². The van der Waals surface area contributed by atoms with Crippen LogP contribution in [0, 0.1) is 0 Å². The van der Waals surface area contributed by atoms with Crippen molar-refractivity contribution in [2.45, 2.75) is 270 Å². The van der Waals surface area contributed by atoms with Gasteiger partial charge in [-0.15, -0.1) is 0 Å². The van der Waals surface area contributed by atoms with Crippen molar-refractivity contribution in [2.24, 2.45) is 0 Å². The third-order valence-corrected chi connectivity index (χ3v) is 14.8. The zero-order valence-corrected chi connectivity index (χ0v) is 59.5. The summed E-state index contributed by atoms with van der Waals surface area (Å²) in [5.41, 5.74) is 0. The van der Waals surface area contributed by atoms with Gasteiger partial charge in [0.15, 0.2) is 12.4 Å². The molecule has 0 aromatic carbocycles. The number of carbonyl (C=O) groups is 3. The van der Waals surface area contributed by atoms with Gasteiger partial charge in [0.2, 0.25) is 0 Å². The molecule has 0 amide bonds. The molecule has 0 aliphatic rings. The summed E-state index contributed by atoms with van der Waals surface area (Å²) in [6, 6.07) is 0. The van der Waals surface area contributed by atoms with E-state index in [2.05, 4.69) is 208 Å². The molecule has 0 aliphatic carbocycles. The monoisotopic (exact) mass is 1280 g/mol. The summed E-state index contributed by atoms with van der Waals surface area (Å²) in [7, 11) is 5.91. The van der Waals surface area contributed by atoms with Gasteiger partial charge in [0, 0.05) is 12.8 Å². The van der Waals surface area contributed by atoms with Gasteiger partial charge in [-0.3, -0.25) is 9.59 Å². The lowest BCUT2D eigenvalue weighted by Crippen LogP contribution is -2.44. The number of likely N-dealkylation sites (N-methyl/N-ethyl adjacent to an activating group) is 1. The van der Waals surface area contributed by atoms with Crippen LogP contribution in [0.1, 0.15) is 258 Å². The van der Waals surface area contributed by atoms with Crippen molar-refractivity contribution in [3.8, 4) is 0 Å². The largest absolute Gasteiger partial charge is 0.545 e. The Hall–Kier alpha value is -5.87. The quantitative estimate of drug-likeness (QED) is 0.0195. The van der Waals surface area contributed by atoms with Gasteiger partial charge in [0.05, 0.1) is 40.3 Å². The molecule has 0 bridgehead atoms. The molecule has 0 N–H and O–H groups in total. The Morgan fingerprint density at radius 1 is 0.323 bits per heavy atom. The first kappa shape index (κ1) is 87.1. The molecule has 2 atom stereocenters. The number of carboxylic acid groups (broad SMARTS) is 1. The first-order valence-electron chi connectivity index (χ1n) is 36.6. The molecule has 0 aromatic rings. The smallest absolute Gasteiger partial charge is 0.306 e. The lowest BCUT2D eigenvalue weighted by Gasteiger charge is -2.26. The van der Waals surface area contributed by atoms with Gasteiger partial charge >= 0.3 is 11.9 Å². The van der Waals surface area contributed by atoms with Crippen molar-refractivity contribution in [1.29, 1.82) is 0 Å². The fourth-order valence-corrected chi connectivity index (χ4v) is 9.33. The number of unbranched alkanes of at least 4 members (excludes halogenated alkanes) is 18. The predicted molar refractivity (Wildman–Crippen MR) is 397 cm³/mol. The third kappa shape index (κ3) is 73.4. The number of allylic oxidation sites excluding steroid dienone is 32. The third-order valence-electron chi connectivity index (χ3n) is 14.8. The number of nitrogens with zero attached hydrogens (tertiary/aromatic N) is 1. The average Bonchev–Trinajstić information content (AvgIpc) is 3.38. The molecular weight excluding hydrogens is 1150 g/mol. The Bertz CT molecular complexity index is 2230. The summed E-state index contributed by atoms with van der Waals surface area (Å²) in [6.07, 6.45) is 108. The predicted octanol–water partition coefficient (Wildman–Crippen LogP) is 22.0. The molecule has 0 saturated carbocycles. The number of carboxylic acids is 1. The molecule has 0 radical (unpaired) electrons. The molecule has 0 spiro atoms. The van der Waals surface area contributed by atoms with Crippen LogP contribution >= 0.6 is 0 Å². The number of hydrogen-bond acceptors (Lipinski definition) is 8. The molecule has 0 fully saturated rings. The van der Waals surface area contributed by atoms with Crippen molar-refractivity contribution < 1.29 is 42.9 Å². The second-order valence-electron chi connectivity index (χ2n) is 24.8. The van der Waals surface area contributed by atoms with Gasteiger partial charge in [-0.25, -0.2) is 0 Å². The molecule has 522 valence electrons. The highest BCUT2D eigenvalue weighted by atomic mass is 16.7. The van der Waals surface area contributed by atoms with Gasteiger partial charge in [0.1, 0.15) is 13.2 Å². The summed E-state index contributed by atoms with van der Waals surface area (Å²) in [4.78, 5) is 37.5. The number of aliphatic carboxylic acids is 1. The lowest BCUT2D eigenvalue weighted by molar-refractivity contribution is -0.870.